The van der Waals surface area contributed by atoms with Crippen molar-refractivity contribution in [2.45, 2.75) is 12.5 Å². The summed E-state index contributed by atoms with van der Waals surface area (Å²) < 4.78 is 26.8. The molecule has 1 nitrogen and oxygen atoms in total. The highest BCUT2D eigenvalue weighted by molar-refractivity contribution is 9.11. The smallest absolute Gasteiger partial charge is 0.159 e. The fourth-order valence-electron chi connectivity index (χ4n) is 1.56. The topological polar surface area (TPSA) is 26.0 Å². The van der Waals surface area contributed by atoms with Crippen LogP contribution in [0.3, 0.4) is 0 Å². The van der Waals surface area contributed by atoms with E-state index in [-0.39, 0.29) is 6.04 Å². The minimum atomic E-state index is -0.833. The molecule has 0 aliphatic rings. The van der Waals surface area contributed by atoms with Crippen LogP contribution in [0.2, 0.25) is 0 Å². The Labute approximate surface area is 110 Å². The molecule has 17 heavy (non-hydrogen) atoms. The van der Waals surface area contributed by atoms with Crippen LogP contribution in [0.15, 0.2) is 33.4 Å². The molecule has 2 rings (SSSR count). The van der Waals surface area contributed by atoms with E-state index in [1.54, 1.807) is 17.4 Å². The van der Waals surface area contributed by atoms with Crippen molar-refractivity contribution in [1.29, 1.82) is 0 Å². The van der Waals surface area contributed by atoms with E-state index in [1.165, 1.54) is 6.07 Å². The minimum absolute atomic E-state index is 0.206. The predicted octanol–water partition coefficient (Wildman–Crippen LogP) is 4.03. The van der Waals surface area contributed by atoms with Crippen molar-refractivity contribution in [3.8, 4) is 0 Å². The van der Waals surface area contributed by atoms with Crippen molar-refractivity contribution in [1.82, 2.24) is 0 Å². The molecule has 0 saturated heterocycles. The highest BCUT2D eigenvalue weighted by atomic mass is 79.9. The monoisotopic (exact) mass is 317 g/mol. The summed E-state index contributed by atoms with van der Waals surface area (Å²) in [5.41, 5.74) is 7.68. The van der Waals surface area contributed by atoms with Crippen LogP contribution >= 0.6 is 27.3 Å². The third kappa shape index (κ3) is 3.12. The van der Waals surface area contributed by atoms with Gasteiger partial charge in [-0.2, -0.15) is 0 Å². The zero-order valence-corrected chi connectivity index (χ0v) is 11.2. The Bertz CT molecular complexity index is 527. The predicted molar refractivity (Wildman–Crippen MR) is 69.0 cm³/mol. The Hall–Kier alpha value is -0.780. The zero-order chi connectivity index (χ0) is 12.4. The van der Waals surface area contributed by atoms with E-state index in [9.17, 15) is 8.78 Å². The molecule has 1 aromatic heterocycles. The molecule has 2 N–H and O–H groups in total. The first-order valence-electron chi connectivity index (χ1n) is 4.99. The second kappa shape index (κ2) is 5.25. The molecule has 0 fully saturated rings. The van der Waals surface area contributed by atoms with Gasteiger partial charge in [-0.1, -0.05) is 6.07 Å². The average Bonchev–Trinajstić information content (AvgIpc) is 2.70. The lowest BCUT2D eigenvalue weighted by molar-refractivity contribution is 0.506. The molecular formula is C12H10BrF2NS. The lowest BCUT2D eigenvalue weighted by atomic mass is 10.0. The van der Waals surface area contributed by atoms with Crippen molar-refractivity contribution < 1.29 is 8.78 Å². The summed E-state index contributed by atoms with van der Waals surface area (Å²) >= 11 is 4.91. The standard InChI is InChI=1S/C12H10BrF2NS/c13-12-5-8(6-17-12)11(16)4-7-1-2-9(14)10(15)3-7/h1-3,5-6,11H,4,16H2. The van der Waals surface area contributed by atoms with Crippen LogP contribution in [0.25, 0.3) is 0 Å². The third-order valence-electron chi connectivity index (χ3n) is 2.46. The Morgan fingerprint density at radius 1 is 1.24 bits per heavy atom. The lowest BCUT2D eigenvalue weighted by Crippen LogP contribution is -2.12. The summed E-state index contributed by atoms with van der Waals surface area (Å²) in [6.45, 7) is 0. The first-order chi connectivity index (χ1) is 8.06. The van der Waals surface area contributed by atoms with Gasteiger partial charge >= 0.3 is 0 Å². The molecule has 1 unspecified atom stereocenters. The molecule has 1 aromatic carbocycles. The fourth-order valence-corrected chi connectivity index (χ4v) is 2.80. The molecule has 0 bridgehead atoms. The van der Waals surface area contributed by atoms with Crippen molar-refractivity contribution in [3.05, 3.63) is 56.2 Å². The van der Waals surface area contributed by atoms with Crippen LogP contribution in [-0.2, 0) is 6.42 Å². The van der Waals surface area contributed by atoms with Crippen molar-refractivity contribution in [3.63, 3.8) is 0 Å². The first-order valence-corrected chi connectivity index (χ1v) is 6.67. The molecule has 0 radical (unpaired) electrons. The highest BCUT2D eigenvalue weighted by Crippen LogP contribution is 2.26. The number of nitrogens with two attached hydrogens (primary N) is 1. The lowest BCUT2D eigenvalue weighted by Gasteiger charge is -2.10. The van der Waals surface area contributed by atoms with E-state index in [0.29, 0.717) is 12.0 Å². The number of rotatable bonds is 3. The maximum atomic E-state index is 13.0. The van der Waals surface area contributed by atoms with Gasteiger partial charge in [-0.25, -0.2) is 8.78 Å². The van der Waals surface area contributed by atoms with Gasteiger partial charge in [-0.05, 0) is 57.1 Å². The molecule has 2 aromatic rings. The van der Waals surface area contributed by atoms with Crippen molar-refractivity contribution in [2.24, 2.45) is 5.73 Å². The molecule has 1 atom stereocenters. The molecular weight excluding hydrogens is 308 g/mol. The number of benzene rings is 1. The number of hydrogen-bond donors (Lipinski definition) is 1. The minimum Gasteiger partial charge on any atom is -0.324 e. The normalized spacial score (nSPS) is 12.7. The summed E-state index contributed by atoms with van der Waals surface area (Å²) in [5.74, 6) is -1.67. The van der Waals surface area contributed by atoms with E-state index in [1.807, 2.05) is 11.4 Å². The van der Waals surface area contributed by atoms with Crippen LogP contribution in [0, 0.1) is 11.6 Å². The van der Waals surface area contributed by atoms with E-state index in [2.05, 4.69) is 15.9 Å². The number of hydrogen-bond acceptors (Lipinski definition) is 2. The van der Waals surface area contributed by atoms with Gasteiger partial charge in [-0.15, -0.1) is 11.3 Å². The summed E-state index contributed by atoms with van der Waals surface area (Å²) in [5, 5.41) is 1.95. The van der Waals surface area contributed by atoms with Gasteiger partial charge in [0.15, 0.2) is 11.6 Å². The summed E-state index contributed by atoms with van der Waals surface area (Å²) in [6.07, 6.45) is 0.486. The highest BCUT2D eigenvalue weighted by Gasteiger charge is 2.10. The van der Waals surface area contributed by atoms with Crippen LogP contribution in [0.4, 0.5) is 8.78 Å². The van der Waals surface area contributed by atoms with Gasteiger partial charge in [0.05, 0.1) is 3.79 Å². The molecule has 0 aliphatic heterocycles. The largest absolute Gasteiger partial charge is 0.324 e. The van der Waals surface area contributed by atoms with Gasteiger partial charge in [0.1, 0.15) is 0 Å². The van der Waals surface area contributed by atoms with E-state index in [4.69, 9.17) is 5.73 Å². The molecule has 90 valence electrons. The first kappa shape index (κ1) is 12.7. The van der Waals surface area contributed by atoms with Gasteiger partial charge in [0.2, 0.25) is 0 Å². The molecule has 0 spiro atoms. The summed E-state index contributed by atoms with van der Waals surface area (Å²) in [7, 11) is 0. The van der Waals surface area contributed by atoms with Gasteiger partial charge in [-0.3, -0.25) is 0 Å². The van der Waals surface area contributed by atoms with E-state index >= 15 is 0 Å². The van der Waals surface area contributed by atoms with Gasteiger partial charge in [0, 0.05) is 6.04 Å². The van der Waals surface area contributed by atoms with E-state index in [0.717, 1.165) is 15.4 Å². The maximum absolute atomic E-state index is 13.0. The van der Waals surface area contributed by atoms with Crippen LogP contribution in [-0.4, -0.2) is 0 Å². The molecule has 0 aliphatic carbocycles. The summed E-state index contributed by atoms with van der Waals surface area (Å²) in [4.78, 5) is 0. The number of halogens is 3. The fraction of sp³-hybridized carbons (Fsp3) is 0.167. The van der Waals surface area contributed by atoms with Gasteiger partial charge in [0.25, 0.3) is 0 Å². The van der Waals surface area contributed by atoms with E-state index < -0.39 is 11.6 Å². The van der Waals surface area contributed by atoms with Crippen molar-refractivity contribution >= 4 is 27.3 Å². The van der Waals surface area contributed by atoms with Crippen LogP contribution < -0.4 is 5.73 Å². The summed E-state index contributed by atoms with van der Waals surface area (Å²) in [6, 6.07) is 5.61. The molecule has 0 amide bonds. The third-order valence-corrected chi connectivity index (χ3v) is 3.98. The molecule has 1 heterocycles. The average molecular weight is 318 g/mol. The Morgan fingerprint density at radius 3 is 2.59 bits per heavy atom. The Balaban J connectivity index is 2.12. The Morgan fingerprint density at radius 2 is 2.00 bits per heavy atom. The van der Waals surface area contributed by atoms with Crippen LogP contribution in [0.5, 0.6) is 0 Å². The van der Waals surface area contributed by atoms with Crippen LogP contribution in [0.1, 0.15) is 17.2 Å². The van der Waals surface area contributed by atoms with Crippen molar-refractivity contribution in [2.75, 3.05) is 0 Å². The maximum Gasteiger partial charge on any atom is 0.159 e. The SMILES string of the molecule is NC(Cc1ccc(F)c(F)c1)c1csc(Br)c1. The second-order valence-electron chi connectivity index (χ2n) is 3.74. The molecule has 0 saturated carbocycles. The Kier molecular flexibility index (Phi) is 3.91. The zero-order valence-electron chi connectivity index (χ0n) is 8.79. The quantitative estimate of drug-likeness (QED) is 0.908. The second-order valence-corrected chi connectivity index (χ2v) is 6.03. The number of thiophene rings is 1. The molecule has 5 heteroatoms. The van der Waals surface area contributed by atoms with Gasteiger partial charge < -0.3 is 5.73 Å².